The van der Waals surface area contributed by atoms with Gasteiger partial charge in [0.1, 0.15) is 0 Å². The molecule has 1 heterocycles. The van der Waals surface area contributed by atoms with E-state index in [9.17, 15) is 0 Å². The fraction of sp³-hybridized carbons (Fsp3) is 0.167. The van der Waals surface area contributed by atoms with Crippen molar-refractivity contribution >= 4 is 34.5 Å². The highest BCUT2D eigenvalue weighted by atomic mass is 35.5. The van der Waals surface area contributed by atoms with Gasteiger partial charge in [0.05, 0.1) is 6.04 Å². The van der Waals surface area contributed by atoms with Crippen molar-refractivity contribution in [3.8, 4) is 0 Å². The van der Waals surface area contributed by atoms with Crippen LogP contribution in [0.1, 0.15) is 16.5 Å². The minimum atomic E-state index is 0.0611. The van der Waals surface area contributed by atoms with Gasteiger partial charge >= 0.3 is 0 Å². The van der Waals surface area contributed by atoms with Gasteiger partial charge in [0.25, 0.3) is 0 Å². The third kappa shape index (κ3) is 3.21. The second kappa shape index (κ2) is 5.85. The smallest absolute Gasteiger partial charge is 0.0594 e. The van der Waals surface area contributed by atoms with Gasteiger partial charge in [-0.15, -0.1) is 11.3 Å². The Balaban J connectivity index is 2.21. The molecule has 0 fully saturated rings. The highest BCUT2D eigenvalue weighted by molar-refractivity contribution is 7.10. The van der Waals surface area contributed by atoms with Crippen molar-refractivity contribution < 1.29 is 0 Å². The Morgan fingerprint density at radius 1 is 1.29 bits per heavy atom. The number of rotatable bonds is 4. The number of nitrogens with one attached hydrogen (secondary N) is 1. The summed E-state index contributed by atoms with van der Waals surface area (Å²) in [6.45, 7) is 0. The van der Waals surface area contributed by atoms with E-state index in [1.165, 1.54) is 4.88 Å². The fourth-order valence-electron chi connectivity index (χ4n) is 1.65. The first kappa shape index (κ1) is 12.9. The molecular weight excluding hydrogens is 275 g/mol. The van der Waals surface area contributed by atoms with Crippen LogP contribution >= 0.6 is 34.5 Å². The van der Waals surface area contributed by atoms with E-state index in [4.69, 9.17) is 29.0 Å². The highest BCUT2D eigenvalue weighted by Crippen LogP contribution is 2.27. The Hall–Kier alpha value is -0.580. The molecule has 0 spiro atoms. The molecule has 0 amide bonds. The van der Waals surface area contributed by atoms with Gasteiger partial charge in [-0.2, -0.15) is 0 Å². The molecule has 5 heteroatoms. The van der Waals surface area contributed by atoms with Crippen LogP contribution in [0, 0.1) is 0 Å². The van der Waals surface area contributed by atoms with Crippen molar-refractivity contribution in [1.82, 2.24) is 5.43 Å². The summed E-state index contributed by atoms with van der Waals surface area (Å²) in [7, 11) is 0. The van der Waals surface area contributed by atoms with Crippen LogP contribution < -0.4 is 11.3 Å². The number of halogens is 2. The van der Waals surface area contributed by atoms with Gasteiger partial charge in [-0.25, -0.2) is 0 Å². The maximum atomic E-state index is 6.13. The van der Waals surface area contributed by atoms with Crippen molar-refractivity contribution in [2.45, 2.75) is 12.5 Å². The average molecular weight is 287 g/mol. The van der Waals surface area contributed by atoms with Crippen LogP contribution in [0.25, 0.3) is 0 Å². The molecule has 0 radical (unpaired) electrons. The first-order valence-corrected chi connectivity index (χ1v) is 6.77. The molecule has 0 saturated carbocycles. The molecule has 2 nitrogen and oxygen atoms in total. The standard InChI is InChI=1S/C12H12Cl2N2S/c13-9-3-4-10(14)8(6-9)7-11(16-15)12-2-1-5-17-12/h1-6,11,16H,7,15H2. The average Bonchev–Trinajstić information content (AvgIpc) is 2.84. The van der Waals surface area contributed by atoms with Crippen LogP contribution in [0.4, 0.5) is 0 Å². The van der Waals surface area contributed by atoms with E-state index < -0.39 is 0 Å². The zero-order chi connectivity index (χ0) is 12.3. The molecule has 1 aromatic carbocycles. The molecule has 0 saturated heterocycles. The number of benzene rings is 1. The van der Waals surface area contributed by atoms with Crippen molar-refractivity contribution in [2.24, 2.45) is 5.84 Å². The number of nitrogens with two attached hydrogens (primary N) is 1. The minimum Gasteiger partial charge on any atom is -0.271 e. The van der Waals surface area contributed by atoms with Gasteiger partial charge in [-0.3, -0.25) is 11.3 Å². The lowest BCUT2D eigenvalue weighted by molar-refractivity contribution is 0.561. The number of thiophene rings is 1. The summed E-state index contributed by atoms with van der Waals surface area (Å²) in [5, 5.41) is 3.43. The monoisotopic (exact) mass is 286 g/mol. The molecule has 2 aromatic rings. The van der Waals surface area contributed by atoms with Gasteiger partial charge in [0, 0.05) is 14.9 Å². The van der Waals surface area contributed by atoms with E-state index >= 15 is 0 Å². The van der Waals surface area contributed by atoms with Crippen LogP contribution in [-0.4, -0.2) is 0 Å². The van der Waals surface area contributed by atoms with Crippen LogP contribution in [0.3, 0.4) is 0 Å². The van der Waals surface area contributed by atoms with Crippen molar-refractivity contribution in [3.05, 3.63) is 56.2 Å². The van der Waals surface area contributed by atoms with Gasteiger partial charge in [-0.1, -0.05) is 29.3 Å². The van der Waals surface area contributed by atoms with Gasteiger partial charge in [0.2, 0.25) is 0 Å². The summed E-state index contributed by atoms with van der Waals surface area (Å²) in [5.41, 5.74) is 3.80. The third-order valence-electron chi connectivity index (χ3n) is 2.52. The molecule has 0 bridgehead atoms. The molecule has 1 aromatic heterocycles. The molecule has 0 aliphatic carbocycles. The summed E-state index contributed by atoms with van der Waals surface area (Å²) < 4.78 is 0. The molecule has 1 unspecified atom stereocenters. The third-order valence-corrected chi connectivity index (χ3v) is 4.11. The molecule has 1 atom stereocenters. The Labute approximate surface area is 114 Å². The second-order valence-corrected chi connectivity index (χ2v) is 5.50. The lowest BCUT2D eigenvalue weighted by Gasteiger charge is -2.15. The van der Waals surface area contributed by atoms with E-state index in [0.29, 0.717) is 10.0 Å². The summed E-state index contributed by atoms with van der Waals surface area (Å²) in [4.78, 5) is 1.18. The quantitative estimate of drug-likeness (QED) is 0.663. The Bertz CT molecular complexity index is 485. The zero-order valence-electron chi connectivity index (χ0n) is 8.99. The zero-order valence-corrected chi connectivity index (χ0v) is 11.3. The second-order valence-electron chi connectivity index (χ2n) is 3.67. The van der Waals surface area contributed by atoms with Crippen molar-refractivity contribution in [3.63, 3.8) is 0 Å². The Morgan fingerprint density at radius 3 is 2.76 bits per heavy atom. The predicted octanol–water partition coefficient (Wildman–Crippen LogP) is 3.80. The van der Waals surface area contributed by atoms with Crippen molar-refractivity contribution in [1.29, 1.82) is 0 Å². The van der Waals surface area contributed by atoms with E-state index in [2.05, 4.69) is 5.43 Å². The maximum Gasteiger partial charge on any atom is 0.0594 e. The van der Waals surface area contributed by atoms with Gasteiger partial charge in [-0.05, 0) is 41.6 Å². The fourth-order valence-corrected chi connectivity index (χ4v) is 2.83. The van der Waals surface area contributed by atoms with Crippen LogP contribution in [0.5, 0.6) is 0 Å². The number of hydrogen-bond acceptors (Lipinski definition) is 3. The SMILES string of the molecule is NNC(Cc1cc(Cl)ccc1Cl)c1cccs1. The maximum absolute atomic E-state index is 6.13. The summed E-state index contributed by atoms with van der Waals surface area (Å²) in [6.07, 6.45) is 0.719. The number of hydrazine groups is 1. The lowest BCUT2D eigenvalue weighted by Crippen LogP contribution is -2.29. The molecule has 90 valence electrons. The van der Waals surface area contributed by atoms with Crippen LogP contribution in [0.2, 0.25) is 10.0 Å². The van der Waals surface area contributed by atoms with E-state index in [1.807, 2.05) is 23.6 Å². The normalized spacial score (nSPS) is 12.6. The topological polar surface area (TPSA) is 38.0 Å². The predicted molar refractivity (Wildman–Crippen MR) is 74.5 cm³/mol. The van der Waals surface area contributed by atoms with Crippen molar-refractivity contribution in [2.75, 3.05) is 0 Å². The lowest BCUT2D eigenvalue weighted by atomic mass is 10.1. The van der Waals surface area contributed by atoms with Gasteiger partial charge < -0.3 is 0 Å². The minimum absolute atomic E-state index is 0.0611. The molecule has 2 rings (SSSR count). The van der Waals surface area contributed by atoms with Crippen LogP contribution in [-0.2, 0) is 6.42 Å². The molecule has 3 N–H and O–H groups in total. The Kier molecular flexibility index (Phi) is 4.42. The van der Waals surface area contributed by atoms with Gasteiger partial charge in [0.15, 0.2) is 0 Å². The first-order valence-electron chi connectivity index (χ1n) is 5.14. The largest absolute Gasteiger partial charge is 0.271 e. The van der Waals surface area contributed by atoms with Crippen LogP contribution in [0.15, 0.2) is 35.7 Å². The van der Waals surface area contributed by atoms with E-state index in [-0.39, 0.29) is 6.04 Å². The van der Waals surface area contributed by atoms with E-state index in [0.717, 1.165) is 12.0 Å². The number of hydrogen-bond donors (Lipinski definition) is 2. The summed E-state index contributed by atoms with van der Waals surface area (Å²) >= 11 is 13.8. The van der Waals surface area contributed by atoms with E-state index in [1.54, 1.807) is 23.5 Å². The molecule has 0 aliphatic heterocycles. The summed E-state index contributed by atoms with van der Waals surface area (Å²) in [6, 6.07) is 9.58. The molecule has 0 aliphatic rings. The Morgan fingerprint density at radius 2 is 2.12 bits per heavy atom. The highest BCUT2D eigenvalue weighted by Gasteiger charge is 2.13. The molecular formula is C12H12Cl2N2S. The first-order chi connectivity index (χ1) is 8.20. The summed E-state index contributed by atoms with van der Waals surface area (Å²) in [5.74, 6) is 5.58. The molecule has 17 heavy (non-hydrogen) atoms.